The highest BCUT2D eigenvalue weighted by molar-refractivity contribution is 7.89. The molecule has 5 aromatic rings. The van der Waals surface area contributed by atoms with E-state index in [2.05, 4.69) is 4.98 Å². The van der Waals surface area contributed by atoms with E-state index in [4.69, 9.17) is 10.2 Å². The summed E-state index contributed by atoms with van der Waals surface area (Å²) in [7, 11) is -4.09. The predicted molar refractivity (Wildman–Crippen MR) is 157 cm³/mol. The molecule has 42 heavy (non-hydrogen) atoms. The fraction of sp³-hybridized carbons (Fsp3) is 0.241. The normalized spacial score (nSPS) is 13.8. The number of halogens is 2. The molecule has 3 heterocycles. The number of nitrogens with two attached hydrogens (primary N) is 1. The molecule has 2 aromatic carbocycles. The molecule has 0 spiro atoms. The maximum Gasteiger partial charge on any atom is 0.238 e. The number of hydrogen-bond donors (Lipinski definition) is 3. The van der Waals surface area contributed by atoms with Gasteiger partial charge in [0.25, 0.3) is 0 Å². The summed E-state index contributed by atoms with van der Waals surface area (Å²) in [6, 6.07) is 10.2. The standard InChI is InChI=1S/C29H26F2N4O4S3/c1-15-8-26(40-13-15)20-11-18(5-7-22(20)30)27-21(10-17-4-6-19(12-23(17)31)42(32,38)39)24(9-16-2-3-16)34-35(27)29-33-25(14-41-29)28(36)37/h4-8,11-14,16,28,36-37H,2-3,9-10H2,1H3,(H2,32,38,39). The van der Waals surface area contributed by atoms with Gasteiger partial charge in [-0.1, -0.05) is 6.07 Å². The van der Waals surface area contributed by atoms with E-state index in [1.165, 1.54) is 34.9 Å². The van der Waals surface area contributed by atoms with Crippen molar-refractivity contribution in [2.45, 2.75) is 43.8 Å². The Balaban J connectivity index is 1.56. The van der Waals surface area contributed by atoms with Gasteiger partial charge >= 0.3 is 0 Å². The lowest BCUT2D eigenvalue weighted by molar-refractivity contribution is -0.0454. The summed E-state index contributed by atoms with van der Waals surface area (Å²) < 4.78 is 55.6. The highest BCUT2D eigenvalue weighted by Crippen LogP contribution is 2.40. The molecular formula is C29H26F2N4O4S3. The van der Waals surface area contributed by atoms with Gasteiger partial charge in [0.1, 0.15) is 17.3 Å². The first-order valence-electron chi connectivity index (χ1n) is 13.1. The van der Waals surface area contributed by atoms with Crippen molar-refractivity contribution in [1.29, 1.82) is 0 Å². The van der Waals surface area contributed by atoms with Crippen LogP contribution in [0.5, 0.6) is 0 Å². The molecular weight excluding hydrogens is 603 g/mol. The molecule has 0 saturated heterocycles. The predicted octanol–water partition coefficient (Wildman–Crippen LogP) is 5.48. The first-order chi connectivity index (χ1) is 20.0. The third-order valence-electron chi connectivity index (χ3n) is 7.16. The maximum absolute atomic E-state index is 15.3. The number of nitrogens with zero attached hydrogens (tertiary/aromatic N) is 3. The summed E-state index contributed by atoms with van der Waals surface area (Å²) >= 11 is 2.58. The molecule has 0 unspecified atom stereocenters. The van der Waals surface area contributed by atoms with E-state index in [1.54, 1.807) is 16.8 Å². The molecule has 0 radical (unpaired) electrons. The zero-order valence-corrected chi connectivity index (χ0v) is 24.7. The highest BCUT2D eigenvalue weighted by atomic mass is 32.2. The van der Waals surface area contributed by atoms with Gasteiger partial charge in [0.15, 0.2) is 6.29 Å². The van der Waals surface area contributed by atoms with E-state index in [1.807, 2.05) is 18.4 Å². The Labute approximate surface area is 248 Å². The zero-order chi connectivity index (χ0) is 29.8. The van der Waals surface area contributed by atoms with Crippen molar-refractivity contribution < 1.29 is 27.4 Å². The van der Waals surface area contributed by atoms with E-state index >= 15 is 8.78 Å². The third kappa shape index (κ3) is 5.80. The number of aliphatic hydroxyl groups excluding tert-OH is 1. The van der Waals surface area contributed by atoms with Crippen LogP contribution in [0.15, 0.2) is 58.1 Å². The molecule has 13 heteroatoms. The van der Waals surface area contributed by atoms with Crippen molar-refractivity contribution in [1.82, 2.24) is 14.8 Å². The van der Waals surface area contributed by atoms with Gasteiger partial charge in [0.2, 0.25) is 15.2 Å². The maximum atomic E-state index is 15.3. The van der Waals surface area contributed by atoms with Crippen LogP contribution in [0.1, 0.15) is 47.2 Å². The van der Waals surface area contributed by atoms with Gasteiger partial charge in [-0.3, -0.25) is 0 Å². The summed E-state index contributed by atoms with van der Waals surface area (Å²) in [5.41, 5.74) is 4.28. The van der Waals surface area contributed by atoms with Crippen LogP contribution < -0.4 is 5.14 Å². The number of primary sulfonamides is 1. The Morgan fingerprint density at radius 2 is 1.86 bits per heavy atom. The molecule has 1 aliphatic rings. The topological polar surface area (TPSA) is 131 Å². The second-order valence-electron chi connectivity index (χ2n) is 10.4. The van der Waals surface area contributed by atoms with Crippen molar-refractivity contribution in [3.8, 4) is 26.8 Å². The number of hydrogen-bond acceptors (Lipinski definition) is 8. The molecule has 0 bridgehead atoms. The molecule has 1 fully saturated rings. The number of aromatic nitrogens is 3. The van der Waals surface area contributed by atoms with Crippen LogP contribution >= 0.6 is 22.7 Å². The molecule has 0 amide bonds. The smallest absolute Gasteiger partial charge is 0.238 e. The van der Waals surface area contributed by atoms with Gasteiger partial charge < -0.3 is 10.2 Å². The van der Waals surface area contributed by atoms with E-state index in [0.29, 0.717) is 45.5 Å². The third-order valence-corrected chi connectivity index (χ3v) is 9.98. The van der Waals surface area contributed by atoms with Crippen LogP contribution in [0.2, 0.25) is 0 Å². The number of sulfonamides is 1. The second kappa shape index (κ2) is 11.1. The van der Waals surface area contributed by atoms with Crippen LogP contribution in [0.4, 0.5) is 8.78 Å². The zero-order valence-electron chi connectivity index (χ0n) is 22.3. The van der Waals surface area contributed by atoms with Gasteiger partial charge in [-0.2, -0.15) is 5.10 Å². The summed E-state index contributed by atoms with van der Waals surface area (Å²) in [5.74, 6) is -0.707. The molecule has 8 nitrogen and oxygen atoms in total. The molecule has 3 aromatic heterocycles. The van der Waals surface area contributed by atoms with Crippen molar-refractivity contribution in [2.24, 2.45) is 11.1 Å². The SMILES string of the molecule is Cc1csc(-c2cc(-c3c(Cc4ccc(S(N)(=O)=O)cc4F)c(CC4CC4)nn3-c3nc(C(O)O)cs3)ccc2F)c1. The second-order valence-corrected chi connectivity index (χ2v) is 13.7. The largest absolute Gasteiger partial charge is 0.363 e. The van der Waals surface area contributed by atoms with E-state index in [9.17, 15) is 18.6 Å². The lowest BCUT2D eigenvalue weighted by atomic mass is 9.95. The number of thiophene rings is 1. The fourth-order valence-corrected chi connectivity index (χ4v) is 7.07. The summed E-state index contributed by atoms with van der Waals surface area (Å²) in [6.45, 7) is 1.93. The van der Waals surface area contributed by atoms with Crippen molar-refractivity contribution >= 4 is 32.7 Å². The number of rotatable bonds is 9. The van der Waals surface area contributed by atoms with Crippen LogP contribution in [0.25, 0.3) is 26.8 Å². The number of thiazole rings is 1. The number of benzene rings is 2. The molecule has 1 aliphatic carbocycles. The molecule has 0 atom stereocenters. The number of aliphatic hydroxyl groups is 2. The lowest BCUT2D eigenvalue weighted by Crippen LogP contribution is -2.12. The molecule has 6 rings (SSSR count). The van der Waals surface area contributed by atoms with E-state index < -0.39 is 27.9 Å². The quantitative estimate of drug-likeness (QED) is 0.185. The number of aryl methyl sites for hydroxylation is 1. The Morgan fingerprint density at radius 3 is 2.48 bits per heavy atom. The monoisotopic (exact) mass is 628 g/mol. The first kappa shape index (κ1) is 28.8. The molecule has 4 N–H and O–H groups in total. The fourth-order valence-electron chi connectivity index (χ4n) is 4.84. The Hall–Kier alpha value is -3.33. The summed E-state index contributed by atoms with van der Waals surface area (Å²) in [6.07, 6.45) is 1.00. The summed E-state index contributed by atoms with van der Waals surface area (Å²) in [4.78, 5) is 4.80. The van der Waals surface area contributed by atoms with Crippen molar-refractivity contribution in [3.63, 3.8) is 0 Å². The van der Waals surface area contributed by atoms with Gasteiger partial charge in [-0.15, -0.1) is 22.7 Å². The van der Waals surface area contributed by atoms with E-state index in [0.717, 1.165) is 40.7 Å². The summed E-state index contributed by atoms with van der Waals surface area (Å²) in [5, 5.41) is 33.3. The van der Waals surface area contributed by atoms with Crippen LogP contribution in [0.3, 0.4) is 0 Å². The average molecular weight is 629 g/mol. The highest BCUT2D eigenvalue weighted by Gasteiger charge is 2.29. The minimum atomic E-state index is -4.09. The van der Waals surface area contributed by atoms with Crippen molar-refractivity contribution in [3.05, 3.63) is 92.9 Å². The lowest BCUT2D eigenvalue weighted by Gasteiger charge is -2.12. The van der Waals surface area contributed by atoms with Gasteiger partial charge in [0, 0.05) is 33.4 Å². The van der Waals surface area contributed by atoms with E-state index in [-0.39, 0.29) is 22.6 Å². The van der Waals surface area contributed by atoms with Crippen LogP contribution in [-0.2, 0) is 22.9 Å². The Bertz CT molecular complexity index is 1910. The minimum absolute atomic E-state index is 0.0558. The molecule has 0 aliphatic heterocycles. The van der Waals surface area contributed by atoms with Gasteiger partial charge in [0.05, 0.1) is 16.3 Å². The molecule has 218 valence electrons. The minimum Gasteiger partial charge on any atom is -0.363 e. The van der Waals surface area contributed by atoms with Crippen LogP contribution in [-0.4, -0.2) is 33.4 Å². The van der Waals surface area contributed by atoms with Gasteiger partial charge in [-0.05, 0) is 85.0 Å². The van der Waals surface area contributed by atoms with Crippen molar-refractivity contribution in [2.75, 3.05) is 0 Å². The Kier molecular flexibility index (Phi) is 7.58. The Morgan fingerprint density at radius 1 is 1.07 bits per heavy atom. The molecule has 1 saturated carbocycles. The van der Waals surface area contributed by atoms with Gasteiger partial charge in [-0.25, -0.2) is 32.0 Å². The van der Waals surface area contributed by atoms with Crippen LogP contribution in [0, 0.1) is 24.5 Å². The first-order valence-corrected chi connectivity index (χ1v) is 16.4. The average Bonchev–Trinajstić information content (AvgIpc) is 3.29.